The molecule has 0 aliphatic carbocycles. The maximum Gasteiger partial charge on any atom is 0.248 e. The summed E-state index contributed by atoms with van der Waals surface area (Å²) in [6.45, 7) is 2.05. The standard InChI is InChI=1S/C16H16N2O3/c1-11-16(20)18(9-12-7-8-21-10-12)14(15(19)17-11)13-5-3-2-4-6-13/h2-8,10-11,14H,9H2,1H3,(H,17,19). The van der Waals surface area contributed by atoms with Gasteiger partial charge in [-0.05, 0) is 18.6 Å². The van der Waals surface area contributed by atoms with E-state index >= 15 is 0 Å². The van der Waals surface area contributed by atoms with Crippen LogP contribution in [0.25, 0.3) is 0 Å². The second-order valence-electron chi connectivity index (χ2n) is 5.14. The fourth-order valence-corrected chi connectivity index (χ4v) is 2.59. The molecule has 0 radical (unpaired) electrons. The van der Waals surface area contributed by atoms with Crippen LogP contribution in [0.5, 0.6) is 0 Å². The highest BCUT2D eigenvalue weighted by Gasteiger charge is 2.39. The van der Waals surface area contributed by atoms with Crippen molar-refractivity contribution in [2.45, 2.75) is 25.6 Å². The van der Waals surface area contributed by atoms with Gasteiger partial charge in [0, 0.05) is 5.56 Å². The molecule has 2 amide bonds. The van der Waals surface area contributed by atoms with Gasteiger partial charge in [0.05, 0.1) is 19.1 Å². The van der Waals surface area contributed by atoms with Crippen molar-refractivity contribution < 1.29 is 14.0 Å². The van der Waals surface area contributed by atoms with Crippen LogP contribution in [0.4, 0.5) is 0 Å². The highest BCUT2D eigenvalue weighted by molar-refractivity contribution is 5.97. The molecule has 1 aromatic heterocycles. The van der Waals surface area contributed by atoms with Crippen molar-refractivity contribution in [1.82, 2.24) is 10.2 Å². The zero-order valence-electron chi connectivity index (χ0n) is 11.7. The van der Waals surface area contributed by atoms with Crippen LogP contribution in [-0.2, 0) is 16.1 Å². The zero-order valence-corrected chi connectivity index (χ0v) is 11.7. The number of amides is 2. The van der Waals surface area contributed by atoms with Crippen LogP contribution in [0.1, 0.15) is 24.1 Å². The van der Waals surface area contributed by atoms with Crippen LogP contribution in [0.3, 0.4) is 0 Å². The first kappa shape index (κ1) is 13.4. The van der Waals surface area contributed by atoms with E-state index in [9.17, 15) is 9.59 Å². The highest BCUT2D eigenvalue weighted by Crippen LogP contribution is 2.27. The maximum atomic E-state index is 12.5. The molecule has 5 nitrogen and oxygen atoms in total. The molecule has 1 saturated heterocycles. The van der Waals surface area contributed by atoms with Gasteiger partial charge in [0.1, 0.15) is 12.1 Å². The minimum Gasteiger partial charge on any atom is -0.472 e. The molecule has 1 aliphatic rings. The summed E-state index contributed by atoms with van der Waals surface area (Å²) < 4.78 is 5.05. The molecule has 1 fully saturated rings. The number of carbonyl (C=O) groups is 2. The van der Waals surface area contributed by atoms with Gasteiger partial charge < -0.3 is 14.6 Å². The third kappa shape index (κ3) is 2.54. The Kier molecular flexibility index (Phi) is 3.48. The predicted octanol–water partition coefficient (Wildman–Crippen LogP) is 1.87. The SMILES string of the molecule is CC1NC(=O)C(c2ccccc2)N(Cc2ccoc2)C1=O. The maximum absolute atomic E-state index is 12.5. The van der Waals surface area contributed by atoms with Crippen LogP contribution in [0.2, 0.25) is 0 Å². The second-order valence-corrected chi connectivity index (χ2v) is 5.14. The molecule has 0 spiro atoms. The summed E-state index contributed by atoms with van der Waals surface area (Å²) >= 11 is 0. The monoisotopic (exact) mass is 284 g/mol. The first-order chi connectivity index (χ1) is 10.2. The Morgan fingerprint density at radius 2 is 1.95 bits per heavy atom. The molecule has 108 valence electrons. The van der Waals surface area contributed by atoms with E-state index in [1.54, 1.807) is 30.4 Å². The number of hydrogen-bond acceptors (Lipinski definition) is 3. The van der Waals surface area contributed by atoms with Crippen molar-refractivity contribution in [3.63, 3.8) is 0 Å². The average Bonchev–Trinajstić information content (AvgIpc) is 2.98. The lowest BCUT2D eigenvalue weighted by Crippen LogP contribution is -2.57. The topological polar surface area (TPSA) is 62.6 Å². The number of nitrogens with zero attached hydrogens (tertiary/aromatic N) is 1. The van der Waals surface area contributed by atoms with E-state index in [0.717, 1.165) is 11.1 Å². The molecule has 21 heavy (non-hydrogen) atoms. The molecule has 0 saturated carbocycles. The van der Waals surface area contributed by atoms with E-state index in [1.807, 2.05) is 30.3 Å². The van der Waals surface area contributed by atoms with Crippen molar-refractivity contribution in [3.05, 3.63) is 60.1 Å². The fraction of sp³-hybridized carbons (Fsp3) is 0.250. The van der Waals surface area contributed by atoms with E-state index in [-0.39, 0.29) is 11.8 Å². The Labute approximate surface area is 122 Å². The Morgan fingerprint density at radius 1 is 1.19 bits per heavy atom. The van der Waals surface area contributed by atoms with Crippen molar-refractivity contribution in [2.75, 3.05) is 0 Å². The summed E-state index contributed by atoms with van der Waals surface area (Å²) in [4.78, 5) is 26.4. The molecule has 0 bridgehead atoms. The summed E-state index contributed by atoms with van der Waals surface area (Å²) in [6, 6.07) is 10.0. The fourth-order valence-electron chi connectivity index (χ4n) is 2.59. The van der Waals surface area contributed by atoms with Gasteiger partial charge in [-0.25, -0.2) is 0 Å². The van der Waals surface area contributed by atoms with Gasteiger partial charge in [0.25, 0.3) is 0 Å². The minimum atomic E-state index is -0.607. The second kappa shape index (κ2) is 5.44. The first-order valence-electron chi connectivity index (χ1n) is 6.83. The molecule has 2 atom stereocenters. The molecule has 1 N–H and O–H groups in total. The van der Waals surface area contributed by atoms with Crippen LogP contribution in [-0.4, -0.2) is 22.8 Å². The smallest absolute Gasteiger partial charge is 0.248 e. The van der Waals surface area contributed by atoms with Crippen molar-refractivity contribution in [3.8, 4) is 0 Å². The van der Waals surface area contributed by atoms with Crippen molar-refractivity contribution in [2.24, 2.45) is 0 Å². The molecule has 1 aromatic carbocycles. The largest absolute Gasteiger partial charge is 0.472 e. The van der Waals surface area contributed by atoms with Crippen molar-refractivity contribution in [1.29, 1.82) is 0 Å². The third-order valence-corrected chi connectivity index (χ3v) is 3.62. The van der Waals surface area contributed by atoms with Gasteiger partial charge in [-0.15, -0.1) is 0 Å². The molecule has 5 heteroatoms. The number of nitrogens with one attached hydrogen (secondary N) is 1. The molecular formula is C16H16N2O3. The minimum absolute atomic E-state index is 0.0929. The predicted molar refractivity (Wildman–Crippen MR) is 76.0 cm³/mol. The zero-order chi connectivity index (χ0) is 14.8. The number of furan rings is 1. The van der Waals surface area contributed by atoms with Crippen LogP contribution >= 0.6 is 0 Å². The highest BCUT2D eigenvalue weighted by atomic mass is 16.3. The average molecular weight is 284 g/mol. The summed E-state index contributed by atoms with van der Waals surface area (Å²) in [6.07, 6.45) is 3.15. The Bertz CT molecular complexity index is 637. The van der Waals surface area contributed by atoms with Crippen LogP contribution in [0.15, 0.2) is 53.3 Å². The lowest BCUT2D eigenvalue weighted by molar-refractivity contribution is -0.149. The number of benzene rings is 1. The summed E-state index contributed by atoms with van der Waals surface area (Å²) in [7, 11) is 0. The molecule has 3 rings (SSSR count). The van der Waals surface area contributed by atoms with E-state index in [0.29, 0.717) is 6.54 Å². The molecule has 1 aliphatic heterocycles. The number of carbonyl (C=O) groups excluding carboxylic acids is 2. The lowest BCUT2D eigenvalue weighted by Gasteiger charge is -2.38. The summed E-state index contributed by atoms with van der Waals surface area (Å²) in [5.41, 5.74) is 1.67. The number of piperazine rings is 1. The Hall–Kier alpha value is -2.56. The van der Waals surface area contributed by atoms with Gasteiger partial charge in [0.2, 0.25) is 11.8 Å². The van der Waals surface area contributed by atoms with E-state index < -0.39 is 12.1 Å². The quantitative estimate of drug-likeness (QED) is 0.936. The molecule has 2 unspecified atom stereocenters. The van der Waals surface area contributed by atoms with Gasteiger partial charge in [-0.2, -0.15) is 0 Å². The van der Waals surface area contributed by atoms with Crippen molar-refractivity contribution >= 4 is 11.8 Å². The van der Waals surface area contributed by atoms with E-state index in [2.05, 4.69) is 5.32 Å². The van der Waals surface area contributed by atoms with E-state index in [4.69, 9.17) is 4.42 Å². The summed E-state index contributed by atoms with van der Waals surface area (Å²) in [5, 5.41) is 2.73. The van der Waals surface area contributed by atoms with Gasteiger partial charge in [-0.1, -0.05) is 30.3 Å². The lowest BCUT2D eigenvalue weighted by atomic mass is 9.99. The third-order valence-electron chi connectivity index (χ3n) is 3.62. The number of hydrogen-bond donors (Lipinski definition) is 1. The molecule has 2 aromatic rings. The molecular weight excluding hydrogens is 268 g/mol. The van der Waals surface area contributed by atoms with Crippen LogP contribution < -0.4 is 5.32 Å². The van der Waals surface area contributed by atoms with E-state index in [1.165, 1.54) is 0 Å². The van der Waals surface area contributed by atoms with Crippen LogP contribution in [0, 0.1) is 0 Å². The number of rotatable bonds is 3. The Balaban J connectivity index is 1.96. The molecule has 2 heterocycles. The summed E-state index contributed by atoms with van der Waals surface area (Å²) in [5.74, 6) is -0.249. The van der Waals surface area contributed by atoms with Gasteiger partial charge >= 0.3 is 0 Å². The Morgan fingerprint density at radius 3 is 2.62 bits per heavy atom. The van der Waals surface area contributed by atoms with Gasteiger partial charge in [0.15, 0.2) is 0 Å². The normalized spacial score (nSPS) is 22.2. The first-order valence-corrected chi connectivity index (χ1v) is 6.83. The van der Waals surface area contributed by atoms with Gasteiger partial charge in [-0.3, -0.25) is 9.59 Å².